The second-order valence-corrected chi connectivity index (χ2v) is 8.05. The van der Waals surface area contributed by atoms with Crippen molar-refractivity contribution in [1.82, 2.24) is 5.32 Å². The van der Waals surface area contributed by atoms with E-state index in [1.807, 2.05) is 60.7 Å². The van der Waals surface area contributed by atoms with Crippen molar-refractivity contribution in [3.05, 3.63) is 71.8 Å². The van der Waals surface area contributed by atoms with E-state index in [1.54, 1.807) is 6.92 Å². The van der Waals surface area contributed by atoms with Crippen LogP contribution in [0.25, 0.3) is 0 Å². The van der Waals surface area contributed by atoms with Crippen LogP contribution < -0.4 is 5.32 Å². The Morgan fingerprint density at radius 2 is 1.73 bits per heavy atom. The van der Waals surface area contributed by atoms with Crippen molar-refractivity contribution < 1.29 is 33.3 Å². The monoisotopic (exact) mass is 455 g/mol. The predicted octanol–water partition coefficient (Wildman–Crippen LogP) is 2.87. The Morgan fingerprint density at radius 1 is 1.03 bits per heavy atom. The number of amides is 1. The van der Waals surface area contributed by atoms with Gasteiger partial charge in [0.05, 0.1) is 13.2 Å². The van der Waals surface area contributed by atoms with Gasteiger partial charge in [-0.2, -0.15) is 0 Å². The standard InChI is InChI=1S/C25H29NO7/c1-3-20(28)32-23-21(26-16(2)27)25(29-14-17-10-6-4-7-11-17)31-19-15-30-24(33-22(19)23)18-12-8-5-9-13-18/h4-13,19,21-25H,3,14-15H2,1-2H3,(H,26,27)/t19-,21-,22+,23-,24+,25+/m0/s1. The lowest BCUT2D eigenvalue weighted by molar-refractivity contribution is -0.346. The minimum absolute atomic E-state index is 0.190. The first-order valence-electron chi connectivity index (χ1n) is 11.1. The van der Waals surface area contributed by atoms with Crippen LogP contribution in [-0.4, -0.2) is 49.1 Å². The minimum atomic E-state index is -0.856. The number of carbonyl (C=O) groups excluding carboxylic acids is 2. The highest BCUT2D eigenvalue weighted by molar-refractivity contribution is 5.73. The normalized spacial score (nSPS) is 29.0. The number of ether oxygens (including phenoxy) is 5. The van der Waals surface area contributed by atoms with Gasteiger partial charge in [0, 0.05) is 18.9 Å². The number of benzene rings is 2. The molecule has 0 spiro atoms. The summed E-state index contributed by atoms with van der Waals surface area (Å²) in [6.07, 6.45) is -3.30. The van der Waals surface area contributed by atoms with Gasteiger partial charge in [-0.25, -0.2) is 0 Å². The van der Waals surface area contributed by atoms with Gasteiger partial charge >= 0.3 is 5.97 Å². The summed E-state index contributed by atoms with van der Waals surface area (Å²) in [5.74, 6) is -0.691. The summed E-state index contributed by atoms with van der Waals surface area (Å²) in [5, 5.41) is 2.85. The van der Waals surface area contributed by atoms with Gasteiger partial charge in [0.15, 0.2) is 18.7 Å². The van der Waals surface area contributed by atoms with Gasteiger partial charge in [-0.1, -0.05) is 67.6 Å². The molecule has 0 unspecified atom stereocenters. The smallest absolute Gasteiger partial charge is 0.305 e. The highest BCUT2D eigenvalue weighted by Crippen LogP contribution is 2.36. The number of fused-ring (bicyclic) bond motifs is 1. The van der Waals surface area contributed by atoms with E-state index >= 15 is 0 Å². The average Bonchev–Trinajstić information content (AvgIpc) is 2.84. The number of esters is 1. The molecule has 8 nitrogen and oxygen atoms in total. The molecule has 2 heterocycles. The van der Waals surface area contributed by atoms with Crippen LogP contribution in [0.3, 0.4) is 0 Å². The molecule has 2 aromatic carbocycles. The molecule has 6 atom stereocenters. The number of carbonyl (C=O) groups is 2. The van der Waals surface area contributed by atoms with Crippen molar-refractivity contribution in [1.29, 1.82) is 0 Å². The number of rotatable bonds is 7. The Morgan fingerprint density at radius 3 is 2.39 bits per heavy atom. The van der Waals surface area contributed by atoms with E-state index in [4.69, 9.17) is 23.7 Å². The molecule has 0 radical (unpaired) electrons. The highest BCUT2D eigenvalue weighted by Gasteiger charge is 2.52. The molecule has 0 saturated carbocycles. The molecule has 0 aliphatic carbocycles. The van der Waals surface area contributed by atoms with Crippen molar-refractivity contribution in [2.24, 2.45) is 0 Å². The molecule has 2 aliphatic rings. The van der Waals surface area contributed by atoms with Gasteiger partial charge in [-0.3, -0.25) is 9.59 Å². The number of hydrogen-bond donors (Lipinski definition) is 1. The molecule has 2 fully saturated rings. The fraction of sp³-hybridized carbons (Fsp3) is 0.440. The largest absolute Gasteiger partial charge is 0.457 e. The van der Waals surface area contributed by atoms with Gasteiger partial charge in [-0.15, -0.1) is 0 Å². The van der Waals surface area contributed by atoms with Gasteiger partial charge in [0.25, 0.3) is 0 Å². The molecular formula is C25H29NO7. The molecular weight excluding hydrogens is 426 g/mol. The molecule has 33 heavy (non-hydrogen) atoms. The maximum Gasteiger partial charge on any atom is 0.305 e. The summed E-state index contributed by atoms with van der Waals surface area (Å²) >= 11 is 0. The van der Waals surface area contributed by atoms with E-state index in [0.29, 0.717) is 0 Å². The van der Waals surface area contributed by atoms with Crippen LogP contribution in [0.5, 0.6) is 0 Å². The van der Waals surface area contributed by atoms with Crippen LogP contribution in [0.2, 0.25) is 0 Å². The lowest BCUT2D eigenvalue weighted by Crippen LogP contribution is -2.67. The molecule has 0 bridgehead atoms. The SMILES string of the molecule is CCC(=O)O[C@H]1[C@H](NC(C)=O)[C@H](OCc2ccccc2)O[C@H]2CO[C@@H](c3ccccc3)O[C@@H]12. The Labute approximate surface area is 193 Å². The first-order chi connectivity index (χ1) is 16.0. The van der Waals surface area contributed by atoms with Crippen LogP contribution in [0.15, 0.2) is 60.7 Å². The predicted molar refractivity (Wildman–Crippen MR) is 118 cm³/mol. The molecule has 176 valence electrons. The molecule has 1 N–H and O–H groups in total. The average molecular weight is 456 g/mol. The third-order valence-electron chi connectivity index (χ3n) is 5.59. The lowest BCUT2D eigenvalue weighted by Gasteiger charge is -2.48. The maximum atomic E-state index is 12.3. The highest BCUT2D eigenvalue weighted by atomic mass is 16.8. The van der Waals surface area contributed by atoms with Crippen molar-refractivity contribution in [2.75, 3.05) is 6.61 Å². The zero-order valence-corrected chi connectivity index (χ0v) is 18.7. The minimum Gasteiger partial charge on any atom is -0.457 e. The number of nitrogens with one attached hydrogen (secondary N) is 1. The van der Waals surface area contributed by atoms with Crippen molar-refractivity contribution in [2.45, 2.75) is 63.8 Å². The Bertz CT molecular complexity index is 923. The summed E-state index contributed by atoms with van der Waals surface area (Å²) in [6.45, 7) is 3.61. The topological polar surface area (TPSA) is 92.3 Å². The second-order valence-electron chi connectivity index (χ2n) is 8.05. The van der Waals surface area contributed by atoms with Crippen LogP contribution in [0.1, 0.15) is 37.7 Å². The molecule has 0 aromatic heterocycles. The summed E-state index contributed by atoms with van der Waals surface area (Å²) in [7, 11) is 0. The first-order valence-corrected chi connectivity index (χ1v) is 11.1. The van der Waals surface area contributed by atoms with Crippen LogP contribution in [0.4, 0.5) is 0 Å². The fourth-order valence-corrected chi connectivity index (χ4v) is 4.01. The molecule has 8 heteroatoms. The zero-order valence-electron chi connectivity index (χ0n) is 18.7. The Balaban J connectivity index is 1.58. The molecule has 2 saturated heterocycles. The molecule has 2 aliphatic heterocycles. The first kappa shape index (κ1) is 23.4. The van der Waals surface area contributed by atoms with Crippen LogP contribution in [0, 0.1) is 0 Å². The van der Waals surface area contributed by atoms with Crippen molar-refractivity contribution in [3.63, 3.8) is 0 Å². The summed E-state index contributed by atoms with van der Waals surface area (Å²) in [4.78, 5) is 24.4. The fourth-order valence-electron chi connectivity index (χ4n) is 4.01. The quantitative estimate of drug-likeness (QED) is 0.642. The van der Waals surface area contributed by atoms with Crippen LogP contribution in [-0.2, 0) is 39.9 Å². The van der Waals surface area contributed by atoms with E-state index in [0.717, 1.165) is 11.1 Å². The summed E-state index contributed by atoms with van der Waals surface area (Å²) in [5.41, 5.74) is 1.79. The Hall–Kier alpha value is -2.78. The number of hydrogen-bond acceptors (Lipinski definition) is 7. The Kier molecular flexibility index (Phi) is 7.72. The van der Waals surface area contributed by atoms with E-state index in [-0.39, 0.29) is 25.5 Å². The lowest BCUT2D eigenvalue weighted by atomic mass is 9.95. The molecule has 2 aromatic rings. The third kappa shape index (κ3) is 5.78. The van der Waals surface area contributed by atoms with Gasteiger partial charge < -0.3 is 29.0 Å². The maximum absolute atomic E-state index is 12.3. The van der Waals surface area contributed by atoms with E-state index in [2.05, 4.69) is 5.32 Å². The second kappa shape index (κ2) is 10.9. The summed E-state index contributed by atoms with van der Waals surface area (Å²) < 4.78 is 30.2. The van der Waals surface area contributed by atoms with E-state index in [9.17, 15) is 9.59 Å². The van der Waals surface area contributed by atoms with Gasteiger partial charge in [0.1, 0.15) is 18.2 Å². The van der Waals surface area contributed by atoms with Gasteiger partial charge in [0.2, 0.25) is 5.91 Å². The molecule has 1 amide bonds. The van der Waals surface area contributed by atoms with E-state index < -0.39 is 42.9 Å². The summed E-state index contributed by atoms with van der Waals surface area (Å²) in [6, 6.07) is 18.4. The van der Waals surface area contributed by atoms with E-state index in [1.165, 1.54) is 6.92 Å². The molecule has 4 rings (SSSR count). The zero-order chi connectivity index (χ0) is 23.2. The third-order valence-corrected chi connectivity index (χ3v) is 5.59. The van der Waals surface area contributed by atoms with Crippen LogP contribution >= 0.6 is 0 Å². The van der Waals surface area contributed by atoms with Crippen molar-refractivity contribution in [3.8, 4) is 0 Å². The van der Waals surface area contributed by atoms with Gasteiger partial charge in [-0.05, 0) is 5.56 Å². The van der Waals surface area contributed by atoms with Crippen molar-refractivity contribution >= 4 is 11.9 Å².